The van der Waals surface area contributed by atoms with Gasteiger partial charge in [-0.25, -0.2) is 0 Å². The van der Waals surface area contributed by atoms with Crippen molar-refractivity contribution in [2.45, 2.75) is 52.1 Å². The molecule has 0 aromatic carbocycles. The van der Waals surface area contributed by atoms with E-state index in [4.69, 9.17) is 10.3 Å². The number of hydrogen-bond donors (Lipinski definition) is 1. The fourth-order valence-corrected chi connectivity index (χ4v) is 2.65. The predicted octanol–water partition coefficient (Wildman–Crippen LogP) is 2.17. The molecule has 1 fully saturated rings. The van der Waals surface area contributed by atoms with Crippen molar-refractivity contribution in [1.82, 2.24) is 15.0 Å². The Morgan fingerprint density at radius 2 is 2.21 bits per heavy atom. The molecule has 2 rings (SSSR count). The molecule has 2 N–H and O–H groups in total. The van der Waals surface area contributed by atoms with Crippen molar-refractivity contribution in [1.29, 1.82) is 0 Å². The number of hydrogen-bond acceptors (Lipinski definition) is 5. The lowest BCUT2D eigenvalue weighted by Gasteiger charge is -2.38. The first-order chi connectivity index (χ1) is 8.61. The molecule has 19 heavy (non-hydrogen) atoms. The van der Waals surface area contributed by atoms with Crippen molar-refractivity contribution in [3.8, 4) is 0 Å². The Morgan fingerprint density at radius 3 is 2.79 bits per heavy atom. The van der Waals surface area contributed by atoms with Crippen LogP contribution in [0.1, 0.15) is 51.2 Å². The molecule has 0 aliphatic carbocycles. The maximum Gasteiger partial charge on any atom is 0.240 e. The van der Waals surface area contributed by atoms with Gasteiger partial charge in [0, 0.05) is 18.5 Å². The van der Waals surface area contributed by atoms with Crippen LogP contribution in [0.3, 0.4) is 0 Å². The molecular formula is C13H25ClN4O. The molecule has 0 radical (unpaired) electrons. The molecule has 1 aromatic rings. The van der Waals surface area contributed by atoms with Crippen LogP contribution in [0.4, 0.5) is 0 Å². The third-order valence-corrected chi connectivity index (χ3v) is 3.81. The Labute approximate surface area is 121 Å². The van der Waals surface area contributed by atoms with Crippen LogP contribution in [0.25, 0.3) is 0 Å². The van der Waals surface area contributed by atoms with Gasteiger partial charge in [0.1, 0.15) is 0 Å². The van der Waals surface area contributed by atoms with Crippen molar-refractivity contribution in [3.63, 3.8) is 0 Å². The fourth-order valence-electron chi connectivity index (χ4n) is 2.65. The summed E-state index contributed by atoms with van der Waals surface area (Å²) in [6.07, 6.45) is 2.49. The van der Waals surface area contributed by atoms with Gasteiger partial charge in [0.25, 0.3) is 0 Å². The minimum atomic E-state index is 0. The molecule has 1 aliphatic rings. The molecule has 0 amide bonds. The van der Waals surface area contributed by atoms with E-state index in [1.54, 1.807) is 0 Å². The number of aromatic nitrogens is 2. The highest BCUT2D eigenvalue weighted by Gasteiger charge is 2.28. The van der Waals surface area contributed by atoms with Gasteiger partial charge in [0.15, 0.2) is 5.82 Å². The topological polar surface area (TPSA) is 68.2 Å². The van der Waals surface area contributed by atoms with Crippen LogP contribution in [-0.2, 0) is 6.54 Å². The minimum Gasteiger partial charge on any atom is -0.338 e. The Kier molecular flexibility index (Phi) is 6.23. The first-order valence-corrected chi connectivity index (χ1v) is 6.88. The first kappa shape index (κ1) is 16.4. The second kappa shape index (κ2) is 7.22. The molecule has 0 bridgehead atoms. The number of likely N-dealkylation sites (tertiary alicyclic amines) is 1. The zero-order valence-corrected chi connectivity index (χ0v) is 12.8. The standard InChI is InChI=1S/C13H24N4O.ClH/c1-9(2)13-15-12(18-16-13)8-17-6-4-5-10(3)11(17)7-14;/h9-11H,4-8,14H2,1-3H3;1H. The van der Waals surface area contributed by atoms with Gasteiger partial charge >= 0.3 is 0 Å². The Balaban J connectivity index is 0.00000180. The highest BCUT2D eigenvalue weighted by Crippen LogP contribution is 2.24. The number of nitrogens with two attached hydrogens (primary N) is 1. The molecule has 2 heterocycles. The quantitative estimate of drug-likeness (QED) is 0.920. The van der Waals surface area contributed by atoms with Crippen LogP contribution < -0.4 is 5.73 Å². The zero-order chi connectivity index (χ0) is 13.1. The Hall–Kier alpha value is -0.650. The monoisotopic (exact) mass is 288 g/mol. The van der Waals surface area contributed by atoms with Gasteiger partial charge in [-0.1, -0.05) is 25.9 Å². The largest absolute Gasteiger partial charge is 0.338 e. The van der Waals surface area contributed by atoms with Gasteiger partial charge in [-0.2, -0.15) is 4.98 Å². The number of rotatable bonds is 4. The van der Waals surface area contributed by atoms with Gasteiger partial charge in [-0.3, -0.25) is 4.90 Å². The highest BCUT2D eigenvalue weighted by molar-refractivity contribution is 5.85. The van der Waals surface area contributed by atoms with Crippen LogP contribution >= 0.6 is 12.4 Å². The maximum atomic E-state index is 5.88. The molecule has 0 saturated carbocycles. The first-order valence-electron chi connectivity index (χ1n) is 6.88. The molecule has 110 valence electrons. The summed E-state index contributed by atoms with van der Waals surface area (Å²) in [4.78, 5) is 6.82. The van der Waals surface area contributed by atoms with E-state index in [-0.39, 0.29) is 12.4 Å². The van der Waals surface area contributed by atoms with Crippen LogP contribution in [0, 0.1) is 5.92 Å². The average molecular weight is 289 g/mol. The van der Waals surface area contributed by atoms with Crippen molar-refractivity contribution < 1.29 is 4.52 Å². The molecule has 2 atom stereocenters. The lowest BCUT2D eigenvalue weighted by Crippen LogP contribution is -2.48. The summed E-state index contributed by atoms with van der Waals surface area (Å²) in [5, 5.41) is 4.01. The maximum absolute atomic E-state index is 5.88. The molecule has 1 aromatic heterocycles. The van der Waals surface area contributed by atoms with Gasteiger partial charge in [0.2, 0.25) is 5.89 Å². The van der Waals surface area contributed by atoms with E-state index in [0.717, 1.165) is 18.9 Å². The third kappa shape index (κ3) is 3.91. The second-order valence-corrected chi connectivity index (χ2v) is 5.59. The Bertz CT molecular complexity index is 382. The molecule has 1 saturated heterocycles. The normalized spacial score (nSPS) is 24.5. The predicted molar refractivity (Wildman–Crippen MR) is 77.3 cm³/mol. The molecule has 1 aliphatic heterocycles. The number of halogens is 1. The van der Waals surface area contributed by atoms with E-state index < -0.39 is 0 Å². The van der Waals surface area contributed by atoms with Gasteiger partial charge in [-0.15, -0.1) is 12.4 Å². The van der Waals surface area contributed by atoms with Crippen molar-refractivity contribution in [2.75, 3.05) is 13.1 Å². The summed E-state index contributed by atoms with van der Waals surface area (Å²) in [5.74, 6) is 2.47. The lowest BCUT2D eigenvalue weighted by atomic mass is 9.91. The van der Waals surface area contributed by atoms with E-state index >= 15 is 0 Å². The molecule has 6 heteroatoms. The molecule has 0 spiro atoms. The SMILES string of the molecule is CC(C)c1noc(CN2CCCC(C)C2CN)n1.Cl. The Morgan fingerprint density at radius 1 is 1.47 bits per heavy atom. The summed E-state index contributed by atoms with van der Waals surface area (Å²) in [7, 11) is 0. The van der Waals surface area contributed by atoms with E-state index in [2.05, 4.69) is 35.8 Å². The van der Waals surface area contributed by atoms with Gasteiger partial charge in [0.05, 0.1) is 6.54 Å². The molecule has 5 nitrogen and oxygen atoms in total. The van der Waals surface area contributed by atoms with E-state index in [9.17, 15) is 0 Å². The average Bonchev–Trinajstić information content (AvgIpc) is 2.78. The van der Waals surface area contributed by atoms with Crippen molar-refractivity contribution >= 4 is 12.4 Å². The summed E-state index contributed by atoms with van der Waals surface area (Å²) < 4.78 is 5.31. The summed E-state index contributed by atoms with van der Waals surface area (Å²) in [5.41, 5.74) is 5.88. The van der Waals surface area contributed by atoms with Crippen LogP contribution in [-0.4, -0.2) is 34.2 Å². The second-order valence-electron chi connectivity index (χ2n) is 5.59. The van der Waals surface area contributed by atoms with E-state index in [0.29, 0.717) is 30.3 Å². The van der Waals surface area contributed by atoms with Crippen molar-refractivity contribution in [3.05, 3.63) is 11.7 Å². The van der Waals surface area contributed by atoms with Crippen LogP contribution in [0.15, 0.2) is 4.52 Å². The van der Waals surface area contributed by atoms with Crippen LogP contribution in [0.5, 0.6) is 0 Å². The number of piperidine rings is 1. The number of nitrogens with zero attached hydrogens (tertiary/aromatic N) is 3. The lowest BCUT2D eigenvalue weighted by molar-refractivity contribution is 0.0874. The van der Waals surface area contributed by atoms with Gasteiger partial charge < -0.3 is 10.3 Å². The smallest absolute Gasteiger partial charge is 0.240 e. The fraction of sp³-hybridized carbons (Fsp3) is 0.846. The summed E-state index contributed by atoms with van der Waals surface area (Å²) in [6, 6.07) is 0.438. The summed E-state index contributed by atoms with van der Waals surface area (Å²) >= 11 is 0. The van der Waals surface area contributed by atoms with Crippen molar-refractivity contribution in [2.24, 2.45) is 11.7 Å². The minimum absolute atomic E-state index is 0. The summed E-state index contributed by atoms with van der Waals surface area (Å²) in [6.45, 7) is 8.92. The van der Waals surface area contributed by atoms with E-state index in [1.165, 1.54) is 12.8 Å². The third-order valence-electron chi connectivity index (χ3n) is 3.81. The highest BCUT2D eigenvalue weighted by atomic mass is 35.5. The molecular weight excluding hydrogens is 264 g/mol. The van der Waals surface area contributed by atoms with E-state index in [1.807, 2.05) is 0 Å². The molecule has 2 unspecified atom stereocenters. The van der Waals surface area contributed by atoms with Gasteiger partial charge in [-0.05, 0) is 25.3 Å². The zero-order valence-electron chi connectivity index (χ0n) is 12.0. The van der Waals surface area contributed by atoms with Crippen LogP contribution in [0.2, 0.25) is 0 Å².